The largest absolute Gasteiger partial charge is 0.421 e. The van der Waals surface area contributed by atoms with Crippen molar-refractivity contribution in [3.05, 3.63) is 65.0 Å². The molecule has 1 aliphatic rings. The van der Waals surface area contributed by atoms with Crippen LogP contribution in [-0.4, -0.2) is 39.1 Å². The number of fused-ring (bicyclic) bond motifs is 1. The van der Waals surface area contributed by atoms with Crippen LogP contribution in [0.15, 0.2) is 52.9 Å². The molecule has 0 aliphatic carbocycles. The summed E-state index contributed by atoms with van der Waals surface area (Å²) in [5.74, 6) is 1.45. The Balaban J connectivity index is 1.20. The molecule has 5 rings (SSSR count). The van der Waals surface area contributed by atoms with Gasteiger partial charge in [0.05, 0.1) is 15.2 Å². The third-order valence-corrected chi connectivity index (χ3v) is 6.95. The van der Waals surface area contributed by atoms with E-state index in [9.17, 15) is 4.79 Å². The molecule has 1 saturated heterocycles. The smallest absolute Gasteiger partial charge is 0.247 e. The number of likely N-dealkylation sites (tertiary alicyclic amines) is 1. The number of rotatable bonds is 5. The van der Waals surface area contributed by atoms with Gasteiger partial charge in [0.2, 0.25) is 17.7 Å². The first kappa shape index (κ1) is 19.9. The average Bonchev–Trinajstić information content (AvgIpc) is 3.45. The highest BCUT2D eigenvalue weighted by atomic mass is 32.1. The van der Waals surface area contributed by atoms with Gasteiger partial charge >= 0.3 is 0 Å². The molecule has 0 radical (unpaired) electrons. The molecule has 7 heteroatoms. The second-order valence-corrected chi connectivity index (χ2v) is 9.13. The van der Waals surface area contributed by atoms with Crippen molar-refractivity contribution >= 4 is 27.5 Å². The second-order valence-electron chi connectivity index (χ2n) is 8.07. The van der Waals surface area contributed by atoms with Crippen LogP contribution < -0.4 is 0 Å². The van der Waals surface area contributed by atoms with Gasteiger partial charge in [0.25, 0.3) is 0 Å². The number of thiazole rings is 1. The molecule has 1 fully saturated rings. The summed E-state index contributed by atoms with van der Waals surface area (Å²) in [5, 5.41) is 9.39. The van der Waals surface area contributed by atoms with Gasteiger partial charge < -0.3 is 9.32 Å². The van der Waals surface area contributed by atoms with Crippen molar-refractivity contribution < 1.29 is 9.21 Å². The quantitative estimate of drug-likeness (QED) is 0.444. The number of piperidine rings is 1. The van der Waals surface area contributed by atoms with Crippen molar-refractivity contribution in [3.63, 3.8) is 0 Å². The summed E-state index contributed by atoms with van der Waals surface area (Å²) in [5.41, 5.74) is 3.12. The van der Waals surface area contributed by atoms with E-state index < -0.39 is 0 Å². The summed E-state index contributed by atoms with van der Waals surface area (Å²) >= 11 is 1.75. The standard InChI is InChI=1S/C24H24N4O2S/c1-16-8-10-17(11-9-16)23-27-26-21(30-23)12-13-22(29)28-14-4-5-18(15-28)24-25-19-6-2-3-7-20(19)31-24/h2-3,6-11,18H,4-5,12-15H2,1H3/t18-/m1/s1. The fourth-order valence-electron chi connectivity index (χ4n) is 4.01. The fraction of sp³-hybridized carbons (Fsp3) is 0.333. The predicted octanol–water partition coefficient (Wildman–Crippen LogP) is 4.99. The van der Waals surface area contributed by atoms with E-state index in [1.807, 2.05) is 48.2 Å². The summed E-state index contributed by atoms with van der Waals surface area (Å²) in [4.78, 5) is 19.6. The number of amides is 1. The third kappa shape index (κ3) is 4.37. The minimum atomic E-state index is 0.140. The molecule has 0 N–H and O–H groups in total. The number of benzene rings is 2. The van der Waals surface area contributed by atoms with Gasteiger partial charge in [-0.3, -0.25) is 4.79 Å². The Bertz CT molecular complexity index is 1160. The molecule has 2 aromatic carbocycles. The number of carbonyl (C=O) groups is 1. The van der Waals surface area contributed by atoms with E-state index in [-0.39, 0.29) is 5.91 Å². The topological polar surface area (TPSA) is 72.1 Å². The lowest BCUT2D eigenvalue weighted by Gasteiger charge is -2.31. The number of aryl methyl sites for hydroxylation is 2. The Morgan fingerprint density at radius 2 is 2.00 bits per heavy atom. The SMILES string of the molecule is Cc1ccc(-c2nnc(CCC(=O)N3CCC[C@@H](c4nc5ccccc5s4)C3)o2)cc1. The lowest BCUT2D eigenvalue weighted by atomic mass is 9.98. The maximum Gasteiger partial charge on any atom is 0.247 e. The van der Waals surface area contributed by atoms with Crippen molar-refractivity contribution in [3.8, 4) is 11.5 Å². The maximum atomic E-state index is 12.9. The van der Waals surface area contributed by atoms with Crippen LogP contribution in [0, 0.1) is 6.92 Å². The highest BCUT2D eigenvalue weighted by Crippen LogP contribution is 2.33. The van der Waals surface area contributed by atoms with Crippen LogP contribution in [0.5, 0.6) is 0 Å². The Kier molecular flexibility index (Phi) is 5.51. The molecule has 0 spiro atoms. The lowest BCUT2D eigenvalue weighted by Crippen LogP contribution is -2.39. The van der Waals surface area contributed by atoms with Crippen LogP contribution in [-0.2, 0) is 11.2 Å². The molecule has 1 aliphatic heterocycles. The molecule has 6 nitrogen and oxygen atoms in total. The number of nitrogens with zero attached hydrogens (tertiary/aromatic N) is 4. The summed E-state index contributed by atoms with van der Waals surface area (Å²) in [6.45, 7) is 3.58. The summed E-state index contributed by atoms with van der Waals surface area (Å²) in [7, 11) is 0. The molecule has 1 atom stereocenters. The molecule has 0 bridgehead atoms. The summed E-state index contributed by atoms with van der Waals surface area (Å²) < 4.78 is 6.98. The zero-order valence-electron chi connectivity index (χ0n) is 17.5. The monoisotopic (exact) mass is 432 g/mol. The van der Waals surface area contributed by atoms with Crippen LogP contribution >= 0.6 is 11.3 Å². The first-order valence-electron chi connectivity index (χ1n) is 10.7. The van der Waals surface area contributed by atoms with E-state index in [2.05, 4.69) is 22.3 Å². The van der Waals surface area contributed by atoms with Gasteiger partial charge in [-0.05, 0) is 44.0 Å². The maximum absolute atomic E-state index is 12.9. The fourth-order valence-corrected chi connectivity index (χ4v) is 5.10. The summed E-state index contributed by atoms with van der Waals surface area (Å²) in [6, 6.07) is 16.2. The lowest BCUT2D eigenvalue weighted by molar-refractivity contribution is -0.132. The van der Waals surface area contributed by atoms with E-state index in [0.29, 0.717) is 30.5 Å². The zero-order chi connectivity index (χ0) is 21.2. The average molecular weight is 433 g/mol. The second kappa shape index (κ2) is 8.59. The van der Waals surface area contributed by atoms with Gasteiger partial charge in [0, 0.05) is 37.4 Å². The van der Waals surface area contributed by atoms with Crippen LogP contribution in [0.3, 0.4) is 0 Å². The van der Waals surface area contributed by atoms with Gasteiger partial charge in [-0.2, -0.15) is 0 Å². The van der Waals surface area contributed by atoms with Crippen molar-refractivity contribution in [2.45, 2.75) is 38.5 Å². The van der Waals surface area contributed by atoms with E-state index >= 15 is 0 Å². The van der Waals surface area contributed by atoms with Crippen molar-refractivity contribution in [1.29, 1.82) is 0 Å². The van der Waals surface area contributed by atoms with E-state index in [1.165, 1.54) is 10.3 Å². The highest BCUT2D eigenvalue weighted by Gasteiger charge is 2.27. The Labute approximate surface area is 184 Å². The Morgan fingerprint density at radius 3 is 2.84 bits per heavy atom. The number of aromatic nitrogens is 3. The Morgan fingerprint density at radius 1 is 1.16 bits per heavy atom. The Hall–Kier alpha value is -3.06. The summed E-state index contributed by atoms with van der Waals surface area (Å²) in [6.07, 6.45) is 2.92. The zero-order valence-corrected chi connectivity index (χ0v) is 18.3. The predicted molar refractivity (Wildman–Crippen MR) is 121 cm³/mol. The molecule has 31 heavy (non-hydrogen) atoms. The van der Waals surface area contributed by atoms with Crippen LogP contribution in [0.25, 0.3) is 21.7 Å². The van der Waals surface area contributed by atoms with E-state index in [0.717, 1.165) is 42.0 Å². The van der Waals surface area contributed by atoms with Gasteiger partial charge in [-0.25, -0.2) is 4.98 Å². The first-order chi connectivity index (χ1) is 15.2. The van der Waals surface area contributed by atoms with Gasteiger partial charge in [-0.15, -0.1) is 21.5 Å². The molecule has 4 aromatic rings. The van der Waals surface area contributed by atoms with E-state index in [1.54, 1.807) is 11.3 Å². The van der Waals surface area contributed by atoms with E-state index in [4.69, 9.17) is 9.40 Å². The minimum Gasteiger partial charge on any atom is -0.421 e. The molecule has 0 unspecified atom stereocenters. The first-order valence-corrected chi connectivity index (χ1v) is 11.5. The van der Waals surface area contributed by atoms with Gasteiger partial charge in [-0.1, -0.05) is 29.8 Å². The molecule has 2 aromatic heterocycles. The van der Waals surface area contributed by atoms with Crippen LogP contribution in [0.2, 0.25) is 0 Å². The molecule has 3 heterocycles. The minimum absolute atomic E-state index is 0.140. The molecule has 0 saturated carbocycles. The van der Waals surface area contributed by atoms with Crippen molar-refractivity contribution in [1.82, 2.24) is 20.1 Å². The molecule has 158 valence electrons. The molecule has 1 amide bonds. The third-order valence-electron chi connectivity index (χ3n) is 5.75. The molecular weight excluding hydrogens is 408 g/mol. The van der Waals surface area contributed by atoms with Crippen molar-refractivity contribution in [2.75, 3.05) is 13.1 Å². The van der Waals surface area contributed by atoms with Crippen LogP contribution in [0.1, 0.15) is 41.6 Å². The number of carbonyl (C=O) groups excluding carboxylic acids is 1. The van der Waals surface area contributed by atoms with Crippen LogP contribution in [0.4, 0.5) is 0 Å². The van der Waals surface area contributed by atoms with Gasteiger partial charge in [0.15, 0.2) is 0 Å². The van der Waals surface area contributed by atoms with Crippen molar-refractivity contribution in [2.24, 2.45) is 0 Å². The normalized spacial score (nSPS) is 16.7. The number of hydrogen-bond donors (Lipinski definition) is 0. The van der Waals surface area contributed by atoms with Gasteiger partial charge in [0.1, 0.15) is 0 Å². The number of hydrogen-bond acceptors (Lipinski definition) is 6. The number of para-hydroxylation sites is 1. The highest BCUT2D eigenvalue weighted by molar-refractivity contribution is 7.18. The molecular formula is C24H24N4O2S.